The minimum absolute atomic E-state index is 0.188. The molecule has 0 unspecified atom stereocenters. The van der Waals surface area contributed by atoms with Gasteiger partial charge in [0.15, 0.2) is 5.76 Å². The third-order valence-corrected chi connectivity index (χ3v) is 3.82. The number of rotatable bonds is 3. The van der Waals surface area contributed by atoms with E-state index in [0.717, 1.165) is 0 Å². The first kappa shape index (κ1) is 16.1. The highest BCUT2D eigenvalue weighted by Gasteiger charge is 2.30. The third kappa shape index (κ3) is 3.29. The SMILES string of the molecule is CCN(CC)C(=O)C(=O)N1CCN(C(=O)c2ccco2)CC1. The molecule has 0 N–H and O–H groups in total. The lowest BCUT2D eigenvalue weighted by atomic mass is 10.2. The quantitative estimate of drug-likeness (QED) is 0.759. The summed E-state index contributed by atoms with van der Waals surface area (Å²) in [5, 5.41) is 0. The van der Waals surface area contributed by atoms with E-state index in [0.29, 0.717) is 45.0 Å². The highest BCUT2D eigenvalue weighted by Crippen LogP contribution is 2.10. The Bertz CT molecular complexity index is 529. The lowest BCUT2D eigenvalue weighted by Crippen LogP contribution is -2.54. The molecule has 0 aromatic carbocycles. The van der Waals surface area contributed by atoms with E-state index in [2.05, 4.69) is 0 Å². The van der Waals surface area contributed by atoms with Crippen molar-refractivity contribution in [3.8, 4) is 0 Å². The lowest BCUT2D eigenvalue weighted by molar-refractivity contribution is -0.152. The summed E-state index contributed by atoms with van der Waals surface area (Å²) in [4.78, 5) is 41.0. The van der Waals surface area contributed by atoms with Crippen molar-refractivity contribution in [3.05, 3.63) is 24.2 Å². The highest BCUT2D eigenvalue weighted by molar-refractivity contribution is 6.34. The number of amides is 3. The summed E-state index contributed by atoms with van der Waals surface area (Å²) in [5.41, 5.74) is 0. The summed E-state index contributed by atoms with van der Waals surface area (Å²) < 4.78 is 5.09. The third-order valence-electron chi connectivity index (χ3n) is 3.82. The van der Waals surface area contributed by atoms with E-state index in [9.17, 15) is 14.4 Å². The fraction of sp³-hybridized carbons (Fsp3) is 0.533. The largest absolute Gasteiger partial charge is 0.459 e. The summed E-state index contributed by atoms with van der Waals surface area (Å²) in [7, 11) is 0. The van der Waals surface area contributed by atoms with Gasteiger partial charge in [-0.15, -0.1) is 0 Å². The van der Waals surface area contributed by atoms with E-state index in [1.807, 2.05) is 13.8 Å². The van der Waals surface area contributed by atoms with Crippen LogP contribution in [0.3, 0.4) is 0 Å². The van der Waals surface area contributed by atoms with Gasteiger partial charge in [0, 0.05) is 39.3 Å². The van der Waals surface area contributed by atoms with Crippen LogP contribution in [-0.4, -0.2) is 71.7 Å². The van der Waals surface area contributed by atoms with Gasteiger partial charge in [0.1, 0.15) is 0 Å². The molecule has 120 valence electrons. The van der Waals surface area contributed by atoms with E-state index >= 15 is 0 Å². The zero-order valence-corrected chi connectivity index (χ0v) is 12.9. The van der Waals surface area contributed by atoms with Gasteiger partial charge < -0.3 is 19.1 Å². The molecule has 1 saturated heterocycles. The molecule has 0 spiro atoms. The molecule has 1 aliphatic heterocycles. The maximum atomic E-state index is 12.2. The van der Waals surface area contributed by atoms with Crippen LogP contribution in [0.2, 0.25) is 0 Å². The molecule has 1 fully saturated rings. The Morgan fingerprint density at radius 3 is 2.18 bits per heavy atom. The Morgan fingerprint density at radius 1 is 1.09 bits per heavy atom. The monoisotopic (exact) mass is 307 g/mol. The molecule has 0 atom stereocenters. The van der Waals surface area contributed by atoms with Gasteiger partial charge in [0.05, 0.1) is 6.26 Å². The Hall–Kier alpha value is -2.31. The van der Waals surface area contributed by atoms with Crippen LogP contribution in [-0.2, 0) is 9.59 Å². The summed E-state index contributed by atoms with van der Waals surface area (Å²) in [6.45, 7) is 6.23. The van der Waals surface area contributed by atoms with Crippen molar-refractivity contribution in [2.45, 2.75) is 13.8 Å². The molecule has 2 rings (SSSR count). The second kappa shape index (κ2) is 7.11. The molecule has 22 heavy (non-hydrogen) atoms. The first-order valence-corrected chi connectivity index (χ1v) is 7.49. The van der Waals surface area contributed by atoms with Crippen molar-refractivity contribution < 1.29 is 18.8 Å². The number of piperazine rings is 1. The first-order valence-electron chi connectivity index (χ1n) is 7.49. The van der Waals surface area contributed by atoms with E-state index in [-0.39, 0.29) is 5.91 Å². The first-order chi connectivity index (χ1) is 10.6. The van der Waals surface area contributed by atoms with Gasteiger partial charge in [0.25, 0.3) is 5.91 Å². The van der Waals surface area contributed by atoms with Gasteiger partial charge in [-0.1, -0.05) is 0 Å². The molecule has 0 aliphatic carbocycles. The highest BCUT2D eigenvalue weighted by atomic mass is 16.3. The van der Waals surface area contributed by atoms with Crippen LogP contribution >= 0.6 is 0 Å². The second-order valence-electron chi connectivity index (χ2n) is 5.04. The van der Waals surface area contributed by atoms with E-state index in [1.165, 1.54) is 16.1 Å². The van der Waals surface area contributed by atoms with E-state index < -0.39 is 11.8 Å². The molecule has 7 nitrogen and oxygen atoms in total. The molecule has 0 saturated carbocycles. The predicted octanol–water partition coefficient (Wildman–Crippen LogP) is 0.432. The standard InChI is InChI=1S/C15H21N3O4/c1-3-16(4-2)14(20)15(21)18-9-7-17(8-10-18)13(19)12-6-5-11-22-12/h5-6,11H,3-4,7-10H2,1-2H3. The molecule has 3 amide bonds. The number of carbonyl (C=O) groups is 3. The van der Waals surface area contributed by atoms with Crippen molar-refractivity contribution in [2.75, 3.05) is 39.3 Å². The number of nitrogens with zero attached hydrogens (tertiary/aromatic N) is 3. The molecule has 1 aromatic rings. The van der Waals surface area contributed by atoms with Gasteiger partial charge in [-0.05, 0) is 26.0 Å². The van der Waals surface area contributed by atoms with Crippen molar-refractivity contribution in [3.63, 3.8) is 0 Å². The molecule has 0 radical (unpaired) electrons. The summed E-state index contributed by atoms with van der Waals surface area (Å²) in [5.74, 6) is -0.865. The van der Waals surface area contributed by atoms with Crippen LogP contribution in [0, 0.1) is 0 Å². The average Bonchev–Trinajstić information content (AvgIpc) is 3.09. The summed E-state index contributed by atoms with van der Waals surface area (Å²) >= 11 is 0. The van der Waals surface area contributed by atoms with Gasteiger partial charge >= 0.3 is 11.8 Å². The number of likely N-dealkylation sites (N-methyl/N-ethyl adjacent to an activating group) is 1. The molecule has 7 heteroatoms. The zero-order chi connectivity index (χ0) is 16.1. The molecular weight excluding hydrogens is 286 g/mol. The van der Waals surface area contributed by atoms with Crippen molar-refractivity contribution >= 4 is 17.7 Å². The number of furan rings is 1. The molecule has 1 aliphatic rings. The van der Waals surface area contributed by atoms with Gasteiger partial charge in [-0.2, -0.15) is 0 Å². The molecule has 2 heterocycles. The molecular formula is C15H21N3O4. The second-order valence-corrected chi connectivity index (χ2v) is 5.04. The maximum absolute atomic E-state index is 12.2. The summed E-state index contributed by atoms with van der Waals surface area (Å²) in [6, 6.07) is 3.28. The van der Waals surface area contributed by atoms with Crippen LogP contribution in [0.1, 0.15) is 24.4 Å². The average molecular weight is 307 g/mol. The molecule has 1 aromatic heterocycles. The normalized spacial score (nSPS) is 14.8. The molecule has 0 bridgehead atoms. The van der Waals surface area contributed by atoms with Gasteiger partial charge in [-0.25, -0.2) is 0 Å². The predicted molar refractivity (Wildman–Crippen MR) is 79.1 cm³/mol. The fourth-order valence-electron chi connectivity index (χ4n) is 2.45. The van der Waals surface area contributed by atoms with E-state index in [1.54, 1.807) is 17.0 Å². The van der Waals surface area contributed by atoms with E-state index in [4.69, 9.17) is 4.42 Å². The summed E-state index contributed by atoms with van der Waals surface area (Å²) in [6.07, 6.45) is 1.45. The number of hydrogen-bond donors (Lipinski definition) is 0. The Morgan fingerprint density at radius 2 is 1.68 bits per heavy atom. The number of carbonyl (C=O) groups excluding carboxylic acids is 3. The van der Waals surface area contributed by atoms with Gasteiger partial charge in [0.2, 0.25) is 0 Å². The van der Waals surface area contributed by atoms with Crippen LogP contribution in [0.15, 0.2) is 22.8 Å². The minimum atomic E-state index is -0.492. The topological polar surface area (TPSA) is 74.1 Å². The van der Waals surface area contributed by atoms with Crippen molar-refractivity contribution in [2.24, 2.45) is 0 Å². The zero-order valence-electron chi connectivity index (χ0n) is 12.9. The van der Waals surface area contributed by atoms with Crippen LogP contribution in [0.5, 0.6) is 0 Å². The van der Waals surface area contributed by atoms with Crippen LogP contribution < -0.4 is 0 Å². The maximum Gasteiger partial charge on any atom is 0.312 e. The Balaban J connectivity index is 1.90. The van der Waals surface area contributed by atoms with Crippen molar-refractivity contribution in [1.82, 2.24) is 14.7 Å². The van der Waals surface area contributed by atoms with Crippen LogP contribution in [0.4, 0.5) is 0 Å². The fourth-order valence-corrected chi connectivity index (χ4v) is 2.45. The van der Waals surface area contributed by atoms with Gasteiger partial charge in [-0.3, -0.25) is 14.4 Å². The van der Waals surface area contributed by atoms with Crippen LogP contribution in [0.25, 0.3) is 0 Å². The minimum Gasteiger partial charge on any atom is -0.459 e. The Labute approximate surface area is 129 Å². The van der Waals surface area contributed by atoms with Crippen molar-refractivity contribution in [1.29, 1.82) is 0 Å². The Kier molecular flexibility index (Phi) is 5.19. The lowest BCUT2D eigenvalue weighted by Gasteiger charge is -2.34. The number of hydrogen-bond acceptors (Lipinski definition) is 4. The smallest absolute Gasteiger partial charge is 0.312 e.